The minimum atomic E-state index is 0.191. The van der Waals surface area contributed by atoms with E-state index in [-0.39, 0.29) is 6.61 Å². The van der Waals surface area contributed by atoms with Crippen molar-refractivity contribution >= 4 is 17.4 Å². The topological polar surface area (TPSA) is 76.2 Å². The Balaban J connectivity index is 2.19. The minimum absolute atomic E-state index is 0.191. The summed E-state index contributed by atoms with van der Waals surface area (Å²) in [5.74, 6) is 1.50. The van der Waals surface area contributed by atoms with Crippen LogP contribution in [0.1, 0.15) is 5.56 Å². The summed E-state index contributed by atoms with van der Waals surface area (Å²) < 4.78 is 1.40. The number of nitrogens with zero attached hydrogens (tertiary/aromatic N) is 5. The van der Waals surface area contributed by atoms with Gasteiger partial charge >= 0.3 is 0 Å². The molecule has 2 rings (SSSR count). The van der Waals surface area contributed by atoms with Crippen molar-refractivity contribution in [3.63, 3.8) is 0 Å². The fourth-order valence-electron chi connectivity index (χ4n) is 1.07. The molecule has 0 aliphatic carbocycles. The number of rotatable bonds is 4. The van der Waals surface area contributed by atoms with Gasteiger partial charge < -0.3 is 5.11 Å². The van der Waals surface area contributed by atoms with E-state index in [1.165, 1.54) is 4.63 Å². The molecule has 0 saturated carbocycles. The van der Waals surface area contributed by atoms with E-state index in [4.69, 9.17) is 5.11 Å². The molecule has 1 N–H and O–H groups in total. The zero-order valence-electron chi connectivity index (χ0n) is 7.37. The molecular formula is C7H9N5OS. The lowest BCUT2D eigenvalue weighted by atomic mass is 10.3. The number of thioether (sulfide) groups is 1. The Morgan fingerprint density at radius 3 is 3.29 bits per heavy atom. The van der Waals surface area contributed by atoms with Crippen molar-refractivity contribution in [2.75, 3.05) is 12.4 Å². The normalized spacial score (nSPS) is 10.9. The van der Waals surface area contributed by atoms with Crippen LogP contribution in [0.5, 0.6) is 0 Å². The summed E-state index contributed by atoms with van der Waals surface area (Å²) in [7, 11) is 0. The van der Waals surface area contributed by atoms with Crippen LogP contribution >= 0.6 is 11.8 Å². The summed E-state index contributed by atoms with van der Waals surface area (Å²) in [6.07, 6.45) is 1.66. The van der Waals surface area contributed by atoms with Crippen LogP contribution in [-0.2, 0) is 5.75 Å². The summed E-state index contributed by atoms with van der Waals surface area (Å²) in [4.78, 5) is 0. The summed E-state index contributed by atoms with van der Waals surface area (Å²) in [5, 5.41) is 23.7. The third-order valence-electron chi connectivity index (χ3n) is 1.69. The molecule has 6 nitrogen and oxygen atoms in total. The van der Waals surface area contributed by atoms with E-state index in [9.17, 15) is 0 Å². The van der Waals surface area contributed by atoms with Gasteiger partial charge in [-0.2, -0.15) is 16.9 Å². The maximum atomic E-state index is 8.64. The molecule has 0 spiro atoms. The van der Waals surface area contributed by atoms with Gasteiger partial charge in [-0.1, -0.05) is 0 Å². The number of aliphatic hydroxyl groups is 1. The fraction of sp³-hybridized carbons (Fsp3) is 0.429. The lowest BCUT2D eigenvalue weighted by Crippen LogP contribution is -1.97. The lowest BCUT2D eigenvalue weighted by molar-refractivity contribution is 0.322. The number of aromatic nitrogens is 5. The standard InChI is InChI=1S/C7H9N5OS/c13-3-4-14-5-6-1-2-8-12-7(6)9-10-11-12/h1-2,13H,3-5H2. The van der Waals surface area contributed by atoms with Crippen LogP contribution in [-0.4, -0.2) is 42.7 Å². The van der Waals surface area contributed by atoms with Crippen LogP contribution in [0.4, 0.5) is 0 Å². The molecule has 0 aliphatic rings. The van der Waals surface area contributed by atoms with Crippen LogP contribution < -0.4 is 0 Å². The second kappa shape index (κ2) is 4.34. The molecule has 2 aromatic heterocycles. The number of tetrazole rings is 1. The van der Waals surface area contributed by atoms with E-state index in [2.05, 4.69) is 20.6 Å². The van der Waals surface area contributed by atoms with E-state index < -0.39 is 0 Å². The zero-order chi connectivity index (χ0) is 9.80. The van der Waals surface area contributed by atoms with Crippen molar-refractivity contribution in [3.8, 4) is 0 Å². The van der Waals surface area contributed by atoms with Crippen molar-refractivity contribution in [1.82, 2.24) is 25.3 Å². The number of hydrogen-bond donors (Lipinski definition) is 1. The van der Waals surface area contributed by atoms with Crippen molar-refractivity contribution in [1.29, 1.82) is 0 Å². The first-order chi connectivity index (χ1) is 6.92. The number of fused-ring (bicyclic) bond motifs is 1. The van der Waals surface area contributed by atoms with E-state index in [0.717, 1.165) is 17.1 Å². The second-order valence-corrected chi connectivity index (χ2v) is 3.73. The van der Waals surface area contributed by atoms with Crippen molar-refractivity contribution in [2.45, 2.75) is 5.75 Å². The van der Waals surface area contributed by atoms with Gasteiger partial charge in [-0.05, 0) is 16.5 Å². The molecule has 0 saturated heterocycles. The fourth-order valence-corrected chi connectivity index (χ4v) is 1.79. The molecule has 0 aliphatic heterocycles. The van der Waals surface area contributed by atoms with Crippen LogP contribution in [0.2, 0.25) is 0 Å². The predicted molar refractivity (Wildman–Crippen MR) is 51.8 cm³/mol. The third-order valence-corrected chi connectivity index (χ3v) is 2.67. The molecular weight excluding hydrogens is 202 g/mol. The Morgan fingerprint density at radius 2 is 2.43 bits per heavy atom. The smallest absolute Gasteiger partial charge is 0.203 e. The quantitative estimate of drug-likeness (QED) is 0.702. The Kier molecular flexibility index (Phi) is 2.90. The predicted octanol–water partition coefficient (Wildman–Crippen LogP) is -0.255. The zero-order valence-corrected chi connectivity index (χ0v) is 8.18. The van der Waals surface area contributed by atoms with Gasteiger partial charge in [-0.15, -0.1) is 9.73 Å². The Bertz CT molecular complexity index is 417. The maximum absolute atomic E-state index is 8.64. The summed E-state index contributed by atoms with van der Waals surface area (Å²) in [6.45, 7) is 0.191. The van der Waals surface area contributed by atoms with Gasteiger partial charge in [0.2, 0.25) is 5.65 Å². The summed E-state index contributed by atoms with van der Waals surface area (Å²) in [5.41, 5.74) is 1.71. The SMILES string of the molecule is OCCSCc1ccnn2nnnc12. The molecule has 2 aromatic rings. The van der Waals surface area contributed by atoms with Gasteiger partial charge in [0.15, 0.2) is 0 Å². The Hall–Kier alpha value is -1.21. The second-order valence-electron chi connectivity index (χ2n) is 2.62. The van der Waals surface area contributed by atoms with Gasteiger partial charge in [0, 0.05) is 17.1 Å². The molecule has 7 heteroatoms. The van der Waals surface area contributed by atoms with Gasteiger partial charge in [0.25, 0.3) is 0 Å². The van der Waals surface area contributed by atoms with E-state index >= 15 is 0 Å². The van der Waals surface area contributed by atoms with E-state index in [0.29, 0.717) is 5.65 Å². The van der Waals surface area contributed by atoms with Crippen molar-refractivity contribution in [3.05, 3.63) is 17.8 Å². The van der Waals surface area contributed by atoms with Crippen LogP contribution in [0.25, 0.3) is 5.65 Å². The maximum Gasteiger partial charge on any atom is 0.203 e. The Labute approximate surface area is 84.3 Å². The van der Waals surface area contributed by atoms with Crippen molar-refractivity contribution < 1.29 is 5.11 Å². The average Bonchev–Trinajstić information content (AvgIpc) is 2.67. The monoisotopic (exact) mass is 211 g/mol. The largest absolute Gasteiger partial charge is 0.396 e. The molecule has 14 heavy (non-hydrogen) atoms. The van der Waals surface area contributed by atoms with Crippen LogP contribution in [0.15, 0.2) is 12.3 Å². The molecule has 0 unspecified atom stereocenters. The first kappa shape index (κ1) is 9.35. The first-order valence-electron chi connectivity index (χ1n) is 4.12. The third kappa shape index (κ3) is 1.83. The highest BCUT2D eigenvalue weighted by Crippen LogP contribution is 2.13. The lowest BCUT2D eigenvalue weighted by Gasteiger charge is -1.99. The molecule has 2 heterocycles. The van der Waals surface area contributed by atoms with Crippen LogP contribution in [0.3, 0.4) is 0 Å². The molecule has 0 fully saturated rings. The van der Waals surface area contributed by atoms with Gasteiger partial charge in [0.1, 0.15) is 0 Å². The van der Waals surface area contributed by atoms with E-state index in [1.807, 2.05) is 6.07 Å². The molecule has 0 radical (unpaired) electrons. The van der Waals surface area contributed by atoms with Gasteiger partial charge in [-0.3, -0.25) is 0 Å². The van der Waals surface area contributed by atoms with Crippen LogP contribution in [0, 0.1) is 0 Å². The number of hydrogen-bond acceptors (Lipinski definition) is 6. The molecule has 74 valence electrons. The Morgan fingerprint density at radius 1 is 1.50 bits per heavy atom. The van der Waals surface area contributed by atoms with Gasteiger partial charge in [-0.25, -0.2) is 0 Å². The highest BCUT2D eigenvalue weighted by molar-refractivity contribution is 7.98. The van der Waals surface area contributed by atoms with E-state index in [1.54, 1.807) is 18.0 Å². The molecule has 0 bridgehead atoms. The van der Waals surface area contributed by atoms with Crippen molar-refractivity contribution in [2.24, 2.45) is 0 Å². The molecule has 0 amide bonds. The molecule has 0 atom stereocenters. The number of aliphatic hydroxyl groups excluding tert-OH is 1. The minimum Gasteiger partial charge on any atom is -0.396 e. The highest BCUT2D eigenvalue weighted by atomic mass is 32.2. The first-order valence-corrected chi connectivity index (χ1v) is 5.28. The molecule has 0 aromatic carbocycles. The highest BCUT2D eigenvalue weighted by Gasteiger charge is 2.04. The van der Waals surface area contributed by atoms with Gasteiger partial charge in [0.05, 0.1) is 12.8 Å². The average molecular weight is 211 g/mol. The summed E-state index contributed by atoms with van der Waals surface area (Å²) >= 11 is 1.64. The summed E-state index contributed by atoms with van der Waals surface area (Å²) in [6, 6.07) is 1.88.